The van der Waals surface area contributed by atoms with Crippen LogP contribution in [0.15, 0.2) is 61.2 Å². The van der Waals surface area contributed by atoms with E-state index in [1.54, 1.807) is 5.48 Å². The molecule has 212 valence electrons. The molecule has 0 saturated carbocycles. The van der Waals surface area contributed by atoms with Crippen molar-refractivity contribution in [1.29, 1.82) is 0 Å². The Labute approximate surface area is 230 Å². The van der Waals surface area contributed by atoms with E-state index in [1.807, 2.05) is 61.7 Å². The number of unbranched alkanes of at least 4 members (excludes halogenated alkanes) is 2. The van der Waals surface area contributed by atoms with Gasteiger partial charge in [0, 0.05) is 44.5 Å². The first kappa shape index (κ1) is 30.5. The number of aliphatic hydroxyl groups is 1. The van der Waals surface area contributed by atoms with E-state index < -0.39 is 12.2 Å². The minimum absolute atomic E-state index is 0.00478. The molecular formula is C30H41N3O6. The molecule has 2 amide bonds. The zero-order chi connectivity index (χ0) is 28.0. The van der Waals surface area contributed by atoms with E-state index >= 15 is 0 Å². The van der Waals surface area contributed by atoms with Gasteiger partial charge in [-0.05, 0) is 36.6 Å². The number of rotatable bonds is 15. The highest BCUT2D eigenvalue weighted by Gasteiger charge is 2.32. The molecule has 2 aromatic carbocycles. The monoisotopic (exact) mass is 539 g/mol. The van der Waals surface area contributed by atoms with E-state index in [4.69, 9.17) is 14.7 Å². The highest BCUT2D eigenvalue weighted by atomic mass is 16.7. The topological polar surface area (TPSA) is 120 Å². The molecule has 1 aliphatic rings. The van der Waals surface area contributed by atoms with Gasteiger partial charge in [0.05, 0.1) is 18.8 Å². The lowest BCUT2D eigenvalue weighted by atomic mass is 9.99. The summed E-state index contributed by atoms with van der Waals surface area (Å²) in [6.45, 7) is 5.77. The first-order valence-corrected chi connectivity index (χ1v) is 13.5. The van der Waals surface area contributed by atoms with E-state index in [9.17, 15) is 14.7 Å². The van der Waals surface area contributed by atoms with Gasteiger partial charge in [-0.3, -0.25) is 14.8 Å². The predicted molar refractivity (Wildman–Crippen MR) is 147 cm³/mol. The number of nitrogens with zero attached hydrogens (tertiary/aromatic N) is 1. The minimum atomic E-state index is -0.528. The highest BCUT2D eigenvalue weighted by Crippen LogP contribution is 2.38. The summed E-state index contributed by atoms with van der Waals surface area (Å²) in [6.07, 6.45) is 4.59. The van der Waals surface area contributed by atoms with Crippen molar-refractivity contribution in [3.8, 4) is 0 Å². The van der Waals surface area contributed by atoms with E-state index in [2.05, 4.69) is 16.8 Å². The third-order valence-electron chi connectivity index (χ3n) is 6.74. The van der Waals surface area contributed by atoms with Crippen molar-refractivity contribution in [2.75, 3.05) is 20.1 Å². The maximum absolute atomic E-state index is 12.2. The average Bonchev–Trinajstić information content (AvgIpc) is 2.96. The number of nitrogens with one attached hydrogen (secondary N) is 2. The summed E-state index contributed by atoms with van der Waals surface area (Å²) in [5.41, 5.74) is 5.40. The molecule has 39 heavy (non-hydrogen) atoms. The Kier molecular flexibility index (Phi) is 12.6. The van der Waals surface area contributed by atoms with Crippen molar-refractivity contribution < 1.29 is 29.4 Å². The SMILES string of the molecule is C=CCN(C)C[C@@H]1C[C@H](c2ccc(CO)cc2)O[C@H](c2ccc(CNC(=O)CCCCCC(=O)NO)cc2)O1. The second kappa shape index (κ2) is 16.1. The molecule has 0 bridgehead atoms. The van der Waals surface area contributed by atoms with Gasteiger partial charge in [-0.25, -0.2) is 5.48 Å². The lowest BCUT2D eigenvalue weighted by Crippen LogP contribution is -2.37. The van der Waals surface area contributed by atoms with Crippen molar-refractivity contribution in [2.45, 2.75) is 70.2 Å². The number of carbonyl (C=O) groups is 2. The summed E-state index contributed by atoms with van der Waals surface area (Å²) >= 11 is 0. The molecule has 0 unspecified atom stereocenters. The van der Waals surface area contributed by atoms with E-state index in [0.29, 0.717) is 25.8 Å². The van der Waals surface area contributed by atoms with Crippen LogP contribution in [0.5, 0.6) is 0 Å². The molecule has 3 atom stereocenters. The molecule has 1 aliphatic heterocycles. The minimum Gasteiger partial charge on any atom is -0.392 e. The molecule has 9 nitrogen and oxygen atoms in total. The number of aliphatic hydroxyl groups excluding tert-OH is 1. The van der Waals surface area contributed by atoms with Gasteiger partial charge in [-0.2, -0.15) is 0 Å². The predicted octanol–water partition coefficient (Wildman–Crippen LogP) is 3.91. The quantitative estimate of drug-likeness (QED) is 0.117. The Morgan fingerprint density at radius 1 is 0.974 bits per heavy atom. The molecule has 9 heteroatoms. The molecule has 1 heterocycles. The number of benzene rings is 2. The number of ether oxygens (including phenoxy) is 2. The Hall–Kier alpha value is -3.08. The van der Waals surface area contributed by atoms with Crippen LogP contribution in [0.25, 0.3) is 0 Å². The summed E-state index contributed by atoms with van der Waals surface area (Å²) in [6, 6.07) is 15.7. The number of hydrogen-bond acceptors (Lipinski definition) is 7. The summed E-state index contributed by atoms with van der Waals surface area (Å²) < 4.78 is 12.8. The summed E-state index contributed by atoms with van der Waals surface area (Å²) in [7, 11) is 2.04. The largest absolute Gasteiger partial charge is 0.392 e. The lowest BCUT2D eigenvalue weighted by Gasteiger charge is -2.37. The Morgan fingerprint density at radius 2 is 1.62 bits per heavy atom. The fourth-order valence-electron chi connectivity index (χ4n) is 4.56. The first-order chi connectivity index (χ1) is 18.9. The van der Waals surface area contributed by atoms with Gasteiger partial charge in [0.15, 0.2) is 6.29 Å². The maximum Gasteiger partial charge on any atom is 0.243 e. The number of likely N-dealkylation sites (N-methyl/N-ethyl adjacent to an activating group) is 1. The molecule has 0 aliphatic carbocycles. The molecule has 1 fully saturated rings. The van der Waals surface area contributed by atoms with Crippen LogP contribution >= 0.6 is 0 Å². The fourth-order valence-corrected chi connectivity index (χ4v) is 4.56. The van der Waals surface area contributed by atoms with Crippen molar-refractivity contribution in [3.63, 3.8) is 0 Å². The molecule has 4 N–H and O–H groups in total. The number of carbonyl (C=O) groups excluding carboxylic acids is 2. The number of hydrogen-bond donors (Lipinski definition) is 4. The summed E-state index contributed by atoms with van der Waals surface area (Å²) in [5.74, 6) is -0.444. The molecular weight excluding hydrogens is 498 g/mol. The van der Waals surface area contributed by atoms with E-state index in [0.717, 1.165) is 48.2 Å². The van der Waals surface area contributed by atoms with Crippen LogP contribution in [0.3, 0.4) is 0 Å². The lowest BCUT2D eigenvalue weighted by molar-refractivity contribution is -0.252. The molecule has 2 aromatic rings. The van der Waals surface area contributed by atoms with Crippen LogP contribution in [0.4, 0.5) is 0 Å². The van der Waals surface area contributed by atoms with Gasteiger partial charge in [-0.15, -0.1) is 6.58 Å². The van der Waals surface area contributed by atoms with Crippen LogP contribution in [-0.4, -0.2) is 53.3 Å². The molecule has 0 spiro atoms. The second-order valence-electron chi connectivity index (χ2n) is 9.97. The maximum atomic E-state index is 12.2. The molecule has 3 rings (SSSR count). The standard InChI is InChI=1S/C30H41N3O6/c1-3-17-33(2)20-26-18-27(24-13-11-23(21-34)12-14-24)39-30(38-26)25-15-9-22(10-16-25)19-31-28(35)7-5-4-6-8-29(36)32-37/h3,9-16,26-27,30,34,37H,1,4-8,17-21H2,2H3,(H,31,35)(H,32,36)/t26-,27+,30+/m0/s1. The van der Waals surface area contributed by atoms with Gasteiger partial charge in [0.2, 0.25) is 11.8 Å². The third-order valence-corrected chi connectivity index (χ3v) is 6.74. The zero-order valence-corrected chi connectivity index (χ0v) is 22.7. The zero-order valence-electron chi connectivity index (χ0n) is 22.7. The van der Waals surface area contributed by atoms with Crippen molar-refractivity contribution >= 4 is 11.8 Å². The average molecular weight is 540 g/mol. The van der Waals surface area contributed by atoms with Crippen LogP contribution in [0.1, 0.15) is 73.2 Å². The number of hydroxylamine groups is 1. The smallest absolute Gasteiger partial charge is 0.243 e. The highest BCUT2D eigenvalue weighted by molar-refractivity contribution is 5.76. The van der Waals surface area contributed by atoms with Crippen LogP contribution in [-0.2, 0) is 32.2 Å². The Bertz CT molecular complexity index is 1040. The molecule has 0 aromatic heterocycles. The van der Waals surface area contributed by atoms with Gasteiger partial charge in [0.1, 0.15) is 0 Å². The van der Waals surface area contributed by atoms with E-state index in [1.165, 1.54) is 0 Å². The van der Waals surface area contributed by atoms with Crippen molar-refractivity contribution in [2.24, 2.45) is 0 Å². The second-order valence-corrected chi connectivity index (χ2v) is 9.97. The summed E-state index contributed by atoms with van der Waals surface area (Å²) in [5, 5.41) is 20.8. The van der Waals surface area contributed by atoms with Crippen LogP contribution < -0.4 is 10.8 Å². The van der Waals surface area contributed by atoms with Gasteiger partial charge in [-0.1, -0.05) is 61.0 Å². The molecule has 0 radical (unpaired) electrons. The van der Waals surface area contributed by atoms with Gasteiger partial charge in [0.25, 0.3) is 0 Å². The van der Waals surface area contributed by atoms with Crippen molar-refractivity contribution in [1.82, 2.24) is 15.7 Å². The van der Waals surface area contributed by atoms with Gasteiger partial charge < -0.3 is 24.8 Å². The van der Waals surface area contributed by atoms with E-state index in [-0.39, 0.29) is 31.1 Å². The van der Waals surface area contributed by atoms with Gasteiger partial charge >= 0.3 is 0 Å². The van der Waals surface area contributed by atoms with Crippen LogP contribution in [0, 0.1) is 0 Å². The van der Waals surface area contributed by atoms with Crippen LogP contribution in [0.2, 0.25) is 0 Å². The Balaban J connectivity index is 1.56. The normalized spacial score (nSPS) is 19.0. The number of amides is 2. The fraction of sp³-hybridized carbons (Fsp3) is 0.467. The first-order valence-electron chi connectivity index (χ1n) is 13.5. The third kappa shape index (κ3) is 10.2. The summed E-state index contributed by atoms with van der Waals surface area (Å²) in [4.78, 5) is 25.4. The Morgan fingerprint density at radius 3 is 2.26 bits per heavy atom. The molecule has 1 saturated heterocycles. The van der Waals surface area contributed by atoms with Crippen molar-refractivity contribution in [3.05, 3.63) is 83.4 Å².